The van der Waals surface area contributed by atoms with E-state index in [1.807, 2.05) is 36.4 Å². The standard InChI is InChI=1S/C18H21N3O2S/c1-21(2)17(22)14-7-9-15(10-8-14)20-18(24)19-12-13-5-4-6-16(11-13)23-3/h4-11H,12H2,1-3H3,(H2,19,20,24). The summed E-state index contributed by atoms with van der Waals surface area (Å²) in [6, 6.07) is 15.0. The number of amides is 1. The SMILES string of the molecule is COc1cccc(CNC(=S)Nc2ccc(C(=O)N(C)C)cc2)c1. The smallest absolute Gasteiger partial charge is 0.253 e. The number of hydrogen-bond donors (Lipinski definition) is 2. The van der Waals surface area contributed by atoms with Gasteiger partial charge >= 0.3 is 0 Å². The van der Waals surface area contributed by atoms with Crippen LogP contribution in [0.25, 0.3) is 0 Å². The third-order valence-electron chi connectivity index (χ3n) is 3.38. The van der Waals surface area contributed by atoms with E-state index in [1.165, 1.54) is 0 Å². The van der Waals surface area contributed by atoms with Crippen LogP contribution in [-0.4, -0.2) is 37.1 Å². The molecule has 126 valence electrons. The summed E-state index contributed by atoms with van der Waals surface area (Å²) >= 11 is 5.29. The van der Waals surface area contributed by atoms with Crippen molar-refractivity contribution >= 4 is 28.9 Å². The number of ether oxygens (including phenoxy) is 1. The Kier molecular flexibility index (Phi) is 6.14. The Morgan fingerprint density at radius 3 is 2.50 bits per heavy atom. The first-order chi connectivity index (χ1) is 11.5. The summed E-state index contributed by atoms with van der Waals surface area (Å²) in [5.41, 5.74) is 2.54. The minimum absolute atomic E-state index is 0.0275. The molecule has 0 aliphatic heterocycles. The van der Waals surface area contributed by atoms with Gasteiger partial charge < -0.3 is 20.3 Å². The van der Waals surface area contributed by atoms with Crippen LogP contribution < -0.4 is 15.4 Å². The Bertz CT molecular complexity index is 714. The number of benzene rings is 2. The molecule has 2 rings (SSSR count). The Hall–Kier alpha value is -2.60. The number of methoxy groups -OCH3 is 1. The molecular weight excluding hydrogens is 322 g/mol. The van der Waals surface area contributed by atoms with E-state index < -0.39 is 0 Å². The fraction of sp³-hybridized carbons (Fsp3) is 0.222. The van der Waals surface area contributed by atoms with E-state index in [2.05, 4.69) is 10.6 Å². The molecule has 2 N–H and O–H groups in total. The molecule has 0 spiro atoms. The van der Waals surface area contributed by atoms with Crippen molar-refractivity contribution in [3.05, 3.63) is 59.7 Å². The van der Waals surface area contributed by atoms with E-state index in [1.54, 1.807) is 38.2 Å². The maximum atomic E-state index is 11.8. The first-order valence-electron chi connectivity index (χ1n) is 7.49. The highest BCUT2D eigenvalue weighted by Gasteiger charge is 2.07. The Morgan fingerprint density at radius 2 is 1.88 bits per heavy atom. The van der Waals surface area contributed by atoms with Gasteiger partial charge in [0.25, 0.3) is 5.91 Å². The molecule has 0 aliphatic rings. The van der Waals surface area contributed by atoms with E-state index in [-0.39, 0.29) is 5.91 Å². The molecule has 0 aromatic heterocycles. The summed E-state index contributed by atoms with van der Waals surface area (Å²) in [7, 11) is 5.10. The molecule has 6 heteroatoms. The van der Waals surface area contributed by atoms with Crippen molar-refractivity contribution in [3.8, 4) is 5.75 Å². The van der Waals surface area contributed by atoms with E-state index in [0.29, 0.717) is 17.2 Å². The quantitative estimate of drug-likeness (QED) is 0.818. The maximum Gasteiger partial charge on any atom is 0.253 e. The van der Waals surface area contributed by atoms with Crippen LogP contribution in [-0.2, 0) is 6.54 Å². The topological polar surface area (TPSA) is 53.6 Å². The lowest BCUT2D eigenvalue weighted by atomic mass is 10.2. The highest BCUT2D eigenvalue weighted by Crippen LogP contribution is 2.13. The zero-order valence-electron chi connectivity index (χ0n) is 14.0. The van der Waals surface area contributed by atoms with Gasteiger partial charge in [-0.3, -0.25) is 4.79 Å². The van der Waals surface area contributed by atoms with Crippen LogP contribution in [0.1, 0.15) is 15.9 Å². The van der Waals surface area contributed by atoms with Crippen molar-refractivity contribution in [2.75, 3.05) is 26.5 Å². The van der Waals surface area contributed by atoms with Gasteiger partial charge in [-0.25, -0.2) is 0 Å². The van der Waals surface area contributed by atoms with Crippen molar-refractivity contribution in [1.29, 1.82) is 0 Å². The zero-order valence-corrected chi connectivity index (χ0v) is 14.8. The van der Waals surface area contributed by atoms with Crippen molar-refractivity contribution in [2.45, 2.75) is 6.54 Å². The first-order valence-corrected chi connectivity index (χ1v) is 7.90. The number of hydrogen-bond acceptors (Lipinski definition) is 3. The summed E-state index contributed by atoms with van der Waals surface area (Å²) in [5.74, 6) is 0.787. The molecule has 0 radical (unpaired) electrons. The van der Waals surface area contributed by atoms with Crippen LogP contribution in [0, 0.1) is 0 Å². The lowest BCUT2D eigenvalue weighted by Gasteiger charge is -2.13. The average molecular weight is 343 g/mol. The molecule has 2 aromatic carbocycles. The number of nitrogens with zero attached hydrogens (tertiary/aromatic N) is 1. The molecule has 0 atom stereocenters. The van der Waals surface area contributed by atoms with Crippen LogP contribution in [0.4, 0.5) is 5.69 Å². The van der Waals surface area contributed by atoms with Crippen LogP contribution in [0.3, 0.4) is 0 Å². The normalized spacial score (nSPS) is 9.96. The lowest BCUT2D eigenvalue weighted by Crippen LogP contribution is -2.28. The van der Waals surface area contributed by atoms with E-state index in [0.717, 1.165) is 17.0 Å². The van der Waals surface area contributed by atoms with Crippen LogP contribution in [0.2, 0.25) is 0 Å². The number of rotatable bonds is 5. The number of anilines is 1. The summed E-state index contributed by atoms with van der Waals surface area (Å²) in [6.07, 6.45) is 0. The molecule has 1 amide bonds. The Labute approximate surface area is 147 Å². The molecule has 5 nitrogen and oxygen atoms in total. The van der Waals surface area contributed by atoms with E-state index in [4.69, 9.17) is 17.0 Å². The predicted molar refractivity (Wildman–Crippen MR) is 101 cm³/mol. The van der Waals surface area contributed by atoms with Crippen LogP contribution >= 0.6 is 12.2 Å². The second kappa shape index (κ2) is 8.31. The van der Waals surface area contributed by atoms with Gasteiger partial charge in [-0.05, 0) is 54.2 Å². The first kappa shape index (κ1) is 17.7. The maximum absolute atomic E-state index is 11.8. The molecule has 0 unspecified atom stereocenters. The highest BCUT2D eigenvalue weighted by molar-refractivity contribution is 7.80. The highest BCUT2D eigenvalue weighted by atomic mass is 32.1. The summed E-state index contributed by atoms with van der Waals surface area (Å²) in [4.78, 5) is 13.4. The number of carbonyl (C=O) groups excluding carboxylic acids is 1. The van der Waals surface area contributed by atoms with Gasteiger partial charge in [-0.15, -0.1) is 0 Å². The molecule has 24 heavy (non-hydrogen) atoms. The van der Waals surface area contributed by atoms with Crippen molar-refractivity contribution < 1.29 is 9.53 Å². The molecule has 0 saturated carbocycles. The minimum atomic E-state index is -0.0275. The lowest BCUT2D eigenvalue weighted by molar-refractivity contribution is 0.0827. The Morgan fingerprint density at radius 1 is 1.17 bits per heavy atom. The van der Waals surface area contributed by atoms with Gasteiger partial charge in [0.15, 0.2) is 5.11 Å². The summed E-state index contributed by atoms with van der Waals surface area (Å²) < 4.78 is 5.20. The van der Waals surface area contributed by atoms with Crippen LogP contribution in [0.15, 0.2) is 48.5 Å². The number of thiocarbonyl (C=S) groups is 1. The van der Waals surface area contributed by atoms with Gasteiger partial charge in [0.2, 0.25) is 0 Å². The van der Waals surface area contributed by atoms with Crippen molar-refractivity contribution in [2.24, 2.45) is 0 Å². The molecule has 0 aliphatic carbocycles. The summed E-state index contributed by atoms with van der Waals surface area (Å²) in [6.45, 7) is 0.597. The van der Waals surface area contributed by atoms with Gasteiger partial charge in [-0.2, -0.15) is 0 Å². The molecular formula is C18H21N3O2S. The van der Waals surface area contributed by atoms with Gasteiger partial charge in [0, 0.05) is 31.9 Å². The molecule has 0 heterocycles. The predicted octanol–water partition coefficient (Wildman–Crippen LogP) is 2.88. The van der Waals surface area contributed by atoms with E-state index in [9.17, 15) is 4.79 Å². The second-order valence-corrected chi connectivity index (χ2v) is 5.84. The largest absolute Gasteiger partial charge is 0.497 e. The molecule has 0 fully saturated rings. The van der Waals surface area contributed by atoms with Crippen molar-refractivity contribution in [3.63, 3.8) is 0 Å². The van der Waals surface area contributed by atoms with Crippen LogP contribution in [0.5, 0.6) is 5.75 Å². The molecule has 2 aromatic rings. The third-order valence-corrected chi connectivity index (χ3v) is 3.63. The average Bonchev–Trinajstić information content (AvgIpc) is 2.60. The van der Waals surface area contributed by atoms with Gasteiger partial charge in [0.05, 0.1) is 7.11 Å². The third kappa shape index (κ3) is 4.96. The Balaban J connectivity index is 1.89. The number of carbonyl (C=O) groups is 1. The fourth-order valence-corrected chi connectivity index (χ4v) is 2.28. The fourth-order valence-electron chi connectivity index (χ4n) is 2.09. The van der Waals surface area contributed by atoms with Gasteiger partial charge in [-0.1, -0.05) is 12.1 Å². The second-order valence-electron chi connectivity index (χ2n) is 5.44. The monoisotopic (exact) mass is 343 g/mol. The van der Waals surface area contributed by atoms with Gasteiger partial charge in [0.1, 0.15) is 5.75 Å². The molecule has 0 saturated heterocycles. The minimum Gasteiger partial charge on any atom is -0.497 e. The zero-order chi connectivity index (χ0) is 17.5. The molecule has 0 bridgehead atoms. The van der Waals surface area contributed by atoms with Crippen molar-refractivity contribution in [1.82, 2.24) is 10.2 Å². The number of nitrogens with one attached hydrogen (secondary N) is 2. The van der Waals surface area contributed by atoms with E-state index >= 15 is 0 Å². The summed E-state index contributed by atoms with van der Waals surface area (Å²) in [5, 5.41) is 6.76.